The lowest BCUT2D eigenvalue weighted by Gasteiger charge is -2.62. The van der Waals surface area contributed by atoms with Gasteiger partial charge in [0.15, 0.2) is 29.3 Å². The van der Waals surface area contributed by atoms with Gasteiger partial charge in [-0.2, -0.15) is 10.1 Å². The molecule has 7 N–H and O–H groups in total. The molecule has 10 aliphatic rings. The summed E-state index contributed by atoms with van der Waals surface area (Å²) in [6, 6.07) is 16.3. The van der Waals surface area contributed by atoms with Crippen molar-refractivity contribution in [1.82, 2.24) is 20.8 Å². The molecule has 21 nitrogen and oxygen atoms in total. The van der Waals surface area contributed by atoms with Gasteiger partial charge in [-0.3, -0.25) is 24.1 Å². The van der Waals surface area contributed by atoms with Crippen molar-refractivity contribution < 1.29 is 82.8 Å². The maximum atomic E-state index is 14.0. The number of para-hydroxylation sites is 2. The van der Waals surface area contributed by atoms with E-state index in [-0.39, 0.29) is 80.5 Å². The lowest BCUT2D eigenvalue weighted by atomic mass is 9.45. The van der Waals surface area contributed by atoms with E-state index in [9.17, 15) is 44.7 Å². The molecule has 4 aromatic rings. The van der Waals surface area contributed by atoms with Crippen molar-refractivity contribution in [2.24, 2.45) is 58.2 Å². The third-order valence-electron chi connectivity index (χ3n) is 21.3. The van der Waals surface area contributed by atoms with Gasteiger partial charge >= 0.3 is 5.97 Å². The first-order valence-corrected chi connectivity index (χ1v) is 30.5. The van der Waals surface area contributed by atoms with E-state index in [1.165, 1.54) is 31.1 Å². The second-order valence-electron chi connectivity index (χ2n) is 26.4. The molecule has 4 heterocycles. The molecule has 470 valence electrons. The van der Waals surface area contributed by atoms with E-state index < -0.39 is 54.3 Å². The molecular formula is C66H84N4O17. The summed E-state index contributed by atoms with van der Waals surface area (Å²) in [5.74, 6) is 2.46. The van der Waals surface area contributed by atoms with E-state index in [2.05, 4.69) is 52.2 Å². The average Bonchev–Trinajstić information content (AvgIpc) is 1.80. The molecule has 14 rings (SSSR count). The number of hydrogen-bond acceptors (Lipinski definition) is 18. The van der Waals surface area contributed by atoms with Crippen molar-refractivity contribution in [3.05, 3.63) is 82.9 Å². The van der Waals surface area contributed by atoms with Crippen molar-refractivity contribution in [1.29, 1.82) is 0 Å². The number of methoxy groups -OCH3 is 2. The fourth-order valence-electron chi connectivity index (χ4n) is 16.3. The zero-order chi connectivity index (χ0) is 62.1. The van der Waals surface area contributed by atoms with E-state index in [0.29, 0.717) is 97.5 Å². The Bertz CT molecular complexity index is 3260. The first-order valence-electron chi connectivity index (χ1n) is 30.5. The first kappa shape index (κ1) is 62.1. The molecule has 6 aliphatic carbocycles. The number of aliphatic hydroxyl groups is 4. The van der Waals surface area contributed by atoms with E-state index in [0.717, 1.165) is 30.3 Å². The molecule has 4 aliphatic heterocycles. The van der Waals surface area contributed by atoms with Crippen LogP contribution in [0.15, 0.2) is 60.7 Å². The number of fused-ring (bicyclic) bond motifs is 6. The van der Waals surface area contributed by atoms with Crippen molar-refractivity contribution in [3.8, 4) is 56.8 Å². The van der Waals surface area contributed by atoms with Crippen LogP contribution in [0.25, 0.3) is 22.3 Å². The second-order valence-corrected chi connectivity index (χ2v) is 26.4. The van der Waals surface area contributed by atoms with E-state index in [1.807, 2.05) is 42.5 Å². The zero-order valence-electron chi connectivity index (χ0n) is 51.2. The van der Waals surface area contributed by atoms with Gasteiger partial charge in [0.2, 0.25) is 25.4 Å². The highest BCUT2D eigenvalue weighted by Gasteiger charge is 2.59. The summed E-state index contributed by atoms with van der Waals surface area (Å²) in [5.41, 5.74) is 4.95. The topological polar surface area (TPSA) is 274 Å². The Labute approximate surface area is 507 Å². The van der Waals surface area contributed by atoms with Gasteiger partial charge in [0, 0.05) is 46.2 Å². The molecule has 0 spiro atoms. The Morgan fingerprint density at radius 2 is 1.09 bits per heavy atom. The number of carboxylic acid groups (broad SMARTS) is 1. The van der Waals surface area contributed by atoms with Crippen LogP contribution in [0.4, 0.5) is 0 Å². The van der Waals surface area contributed by atoms with Gasteiger partial charge in [-0.1, -0.05) is 77.9 Å². The predicted octanol–water partition coefficient (Wildman–Crippen LogP) is 7.01. The van der Waals surface area contributed by atoms with Crippen LogP contribution < -0.4 is 39.1 Å². The molecular weight excluding hydrogens is 1120 g/mol. The second kappa shape index (κ2) is 24.4. The average molecular weight is 1210 g/mol. The summed E-state index contributed by atoms with van der Waals surface area (Å²) >= 11 is 0. The third-order valence-corrected chi connectivity index (χ3v) is 21.3. The summed E-state index contributed by atoms with van der Waals surface area (Å²) in [7, 11) is 3.09. The summed E-state index contributed by atoms with van der Waals surface area (Å²) in [6.45, 7) is 16.5. The van der Waals surface area contributed by atoms with E-state index >= 15 is 0 Å². The number of benzene rings is 4. The van der Waals surface area contributed by atoms with Gasteiger partial charge in [-0.25, -0.2) is 4.79 Å². The largest absolute Gasteiger partial charge is 0.496 e. The number of amides is 2. The highest BCUT2D eigenvalue weighted by molar-refractivity contribution is 5.95. The fourth-order valence-corrected chi connectivity index (χ4v) is 16.3. The van der Waals surface area contributed by atoms with E-state index in [4.69, 9.17) is 38.1 Å². The lowest BCUT2D eigenvalue weighted by Crippen LogP contribution is -2.62. The summed E-state index contributed by atoms with van der Waals surface area (Å²) in [5, 5.41) is 61.4. The SMILES string of the molecule is COc1c(CN2O[C@@H](CO)[C@@H]([C@H](C)O)[C@H]2C(=O)N[C@H]2C[C@H]3C[C@@H]([C@@H]2C)C3(C)C)cccc1-c1cc(C=O)c2c(c1)OCO2.COc1c(CN2O[C@@H](CO)[C@@H]([C@H](C)O)[C@H]2C(=O)N[C@H]2C[C@H]3C[C@@H]([C@@H]2C)C3(C)C)cccc1-c1cc2c(c(C(=O)O)c1)OCO2. The highest BCUT2D eigenvalue weighted by atomic mass is 16.7. The third kappa shape index (κ3) is 11.1. The molecule has 0 radical (unpaired) electrons. The number of carbonyl (C=O) groups excluding carboxylic acids is 3. The normalized spacial score (nSPS) is 31.1. The first-order chi connectivity index (χ1) is 41.5. The Morgan fingerprint density at radius 3 is 1.48 bits per heavy atom. The van der Waals surface area contributed by atoms with Crippen LogP contribution in [0.5, 0.6) is 34.5 Å². The minimum Gasteiger partial charge on any atom is -0.496 e. The highest BCUT2D eigenvalue weighted by Crippen LogP contribution is 2.62. The number of hydrogen-bond donors (Lipinski definition) is 7. The minimum absolute atomic E-state index is 0.0226. The monoisotopic (exact) mass is 1200 g/mol. The molecule has 2 amide bonds. The summed E-state index contributed by atoms with van der Waals surface area (Å²) < 4.78 is 33.6. The lowest BCUT2D eigenvalue weighted by molar-refractivity contribution is -0.183. The number of nitrogens with zero attached hydrogens (tertiary/aromatic N) is 2. The smallest absolute Gasteiger partial charge is 0.339 e. The Balaban J connectivity index is 0.000000180. The van der Waals surface area contributed by atoms with Crippen LogP contribution in [0.2, 0.25) is 0 Å². The van der Waals surface area contributed by atoms with Crippen LogP contribution >= 0.6 is 0 Å². The van der Waals surface area contributed by atoms with Gasteiger partial charge in [0.05, 0.1) is 58.3 Å². The number of nitrogens with one attached hydrogen (secondary N) is 2. The van der Waals surface area contributed by atoms with Crippen molar-refractivity contribution >= 4 is 24.1 Å². The van der Waals surface area contributed by atoms with Crippen LogP contribution in [0.3, 0.4) is 0 Å². The number of carboxylic acids is 1. The Hall–Kier alpha value is -6.56. The standard InChI is InChI=1S/C33H42N2O9.C33H42N2O8/c1-16-23-11-20(33(23,3)4)12-24(16)34-31(38)28-27(17(2)37)26(14-36)44-35(28)13-18-7-6-8-21(29(18)41-5)19-9-22(32(39)40)30-25(10-19)42-15-43-30;1-17-24-11-22(33(24,3)4)12-25(17)34-32(39)29-28(18(2)38)27(15-37)43-35(29)13-19-7-6-8-23(30(19)40-5)20-9-21(14-36)31-26(10-20)41-16-42-31/h6-10,16-17,20,23-24,26-28,36-37H,11-15H2,1-5H3,(H,34,38)(H,39,40);6-10,14,17-18,22,24-25,27-29,37-38H,11-13,15-16H2,1-5H3,(H,34,39)/t16-,17-,20+,23-,24-,26-,27+,28-;17-,18-,22+,24-,25-,27-,28+,29-/m00/s1. The molecule has 6 saturated carbocycles. The molecule has 4 aromatic carbocycles. The number of rotatable bonds is 18. The molecule has 2 saturated heterocycles. The van der Waals surface area contributed by atoms with Gasteiger partial charge in [-0.15, -0.1) is 0 Å². The van der Waals surface area contributed by atoms with Gasteiger partial charge in [-0.05, 0) is 121 Å². The van der Waals surface area contributed by atoms with Gasteiger partial charge < -0.3 is 64.6 Å². The van der Waals surface area contributed by atoms with Crippen LogP contribution in [0.1, 0.15) is 113 Å². The molecule has 16 atom stereocenters. The fraction of sp³-hybridized carbons (Fsp3) is 0.576. The Morgan fingerprint density at radius 1 is 0.655 bits per heavy atom. The molecule has 8 fully saturated rings. The maximum Gasteiger partial charge on any atom is 0.339 e. The number of hydroxylamine groups is 4. The molecule has 87 heavy (non-hydrogen) atoms. The van der Waals surface area contributed by atoms with Gasteiger partial charge in [0.25, 0.3) is 0 Å². The summed E-state index contributed by atoms with van der Waals surface area (Å²) in [6.07, 6.45) is 1.64. The molecule has 0 unspecified atom stereocenters. The quantitative estimate of drug-likeness (QED) is 0.0493. The molecule has 21 heteroatoms. The maximum absolute atomic E-state index is 14.0. The summed E-state index contributed by atoms with van der Waals surface area (Å²) in [4.78, 5) is 64.2. The van der Waals surface area contributed by atoms with Gasteiger partial charge in [0.1, 0.15) is 41.4 Å². The number of aromatic carboxylic acids is 1. The van der Waals surface area contributed by atoms with Crippen LogP contribution in [-0.4, -0.2) is 149 Å². The zero-order valence-corrected chi connectivity index (χ0v) is 51.2. The van der Waals surface area contributed by atoms with E-state index in [1.54, 1.807) is 38.2 Å². The van der Waals surface area contributed by atoms with Crippen LogP contribution in [-0.2, 0) is 32.4 Å². The van der Waals surface area contributed by atoms with Crippen molar-refractivity contribution in [3.63, 3.8) is 0 Å². The molecule has 0 aromatic heterocycles. The molecule has 4 bridgehead atoms. The number of aldehydes is 1. The van der Waals surface area contributed by atoms with Crippen LogP contribution in [0, 0.1) is 58.2 Å². The number of ether oxygens (including phenoxy) is 6. The minimum atomic E-state index is -1.14. The van der Waals surface area contributed by atoms with Crippen molar-refractivity contribution in [2.75, 3.05) is 41.0 Å². The predicted molar refractivity (Wildman–Crippen MR) is 317 cm³/mol. The number of carbonyl (C=O) groups is 4. The van der Waals surface area contributed by atoms with Crippen molar-refractivity contribution in [2.45, 2.75) is 143 Å². The Kier molecular flexibility index (Phi) is 17.4. The number of aliphatic hydroxyl groups excluding tert-OH is 4.